The predicted octanol–water partition coefficient (Wildman–Crippen LogP) is 1.31. The number of benzene rings is 1. The normalized spacial score (nSPS) is 17.1. The summed E-state index contributed by atoms with van der Waals surface area (Å²) in [7, 11) is -4.07. The van der Waals surface area contributed by atoms with Crippen LogP contribution in [-0.2, 0) is 14.8 Å². The number of hydrogen-bond donors (Lipinski definition) is 1. The summed E-state index contributed by atoms with van der Waals surface area (Å²) in [5, 5.41) is 8.98. The lowest BCUT2D eigenvalue weighted by atomic mass is 10.2. The van der Waals surface area contributed by atoms with Gasteiger partial charge in [-0.25, -0.2) is 17.6 Å². The van der Waals surface area contributed by atoms with Crippen molar-refractivity contribution in [1.82, 2.24) is 4.31 Å². The smallest absolute Gasteiger partial charge is 0.336 e. The van der Waals surface area contributed by atoms with Gasteiger partial charge in [0.2, 0.25) is 10.0 Å². The van der Waals surface area contributed by atoms with Crippen LogP contribution in [0.4, 0.5) is 4.39 Å². The zero-order valence-electron chi connectivity index (χ0n) is 10.2. The van der Waals surface area contributed by atoms with E-state index in [0.717, 1.165) is 16.4 Å². The Morgan fingerprint density at radius 3 is 2.50 bits per heavy atom. The van der Waals surface area contributed by atoms with Crippen molar-refractivity contribution in [3.63, 3.8) is 0 Å². The number of ether oxygens (including phenoxy) is 1. The third-order valence-electron chi connectivity index (χ3n) is 2.84. The van der Waals surface area contributed by atoms with Crippen LogP contribution in [0.3, 0.4) is 0 Å². The highest BCUT2D eigenvalue weighted by atomic mass is 79.9. The van der Waals surface area contributed by atoms with Crippen LogP contribution in [0, 0.1) is 5.82 Å². The highest BCUT2D eigenvalue weighted by Gasteiger charge is 2.30. The van der Waals surface area contributed by atoms with Gasteiger partial charge in [0.15, 0.2) is 0 Å². The molecule has 0 amide bonds. The minimum Gasteiger partial charge on any atom is -0.478 e. The second-order valence-corrected chi connectivity index (χ2v) is 6.84. The summed E-state index contributed by atoms with van der Waals surface area (Å²) in [5.41, 5.74) is -0.307. The van der Waals surface area contributed by atoms with E-state index in [1.807, 2.05) is 0 Å². The summed E-state index contributed by atoms with van der Waals surface area (Å²) < 4.78 is 44.6. The summed E-state index contributed by atoms with van der Waals surface area (Å²) in [6.45, 7) is 0.673. The first-order chi connectivity index (χ1) is 9.34. The Morgan fingerprint density at radius 2 is 1.95 bits per heavy atom. The molecule has 0 radical (unpaired) electrons. The summed E-state index contributed by atoms with van der Waals surface area (Å²) in [6.07, 6.45) is 0. The average molecular weight is 368 g/mol. The maximum atomic E-state index is 13.9. The van der Waals surface area contributed by atoms with Crippen LogP contribution in [0.2, 0.25) is 0 Å². The van der Waals surface area contributed by atoms with Gasteiger partial charge in [0.25, 0.3) is 0 Å². The molecule has 6 nitrogen and oxygen atoms in total. The molecule has 9 heteroatoms. The second kappa shape index (κ2) is 5.76. The molecule has 1 heterocycles. The highest BCUT2D eigenvalue weighted by molar-refractivity contribution is 9.10. The van der Waals surface area contributed by atoms with Crippen molar-refractivity contribution in [1.29, 1.82) is 0 Å². The monoisotopic (exact) mass is 367 g/mol. The first-order valence-corrected chi connectivity index (χ1v) is 7.87. The zero-order valence-corrected chi connectivity index (χ0v) is 12.6. The first kappa shape index (κ1) is 15.4. The van der Waals surface area contributed by atoms with Crippen LogP contribution < -0.4 is 0 Å². The van der Waals surface area contributed by atoms with Crippen LogP contribution >= 0.6 is 15.9 Å². The van der Waals surface area contributed by atoms with E-state index in [1.165, 1.54) is 0 Å². The van der Waals surface area contributed by atoms with E-state index in [2.05, 4.69) is 15.9 Å². The molecular weight excluding hydrogens is 357 g/mol. The molecule has 0 atom stereocenters. The van der Waals surface area contributed by atoms with E-state index >= 15 is 0 Å². The van der Waals surface area contributed by atoms with Crippen LogP contribution in [0.25, 0.3) is 0 Å². The number of hydrogen-bond acceptors (Lipinski definition) is 4. The van der Waals surface area contributed by atoms with Gasteiger partial charge < -0.3 is 9.84 Å². The molecule has 1 saturated heterocycles. The van der Waals surface area contributed by atoms with Crippen LogP contribution in [0.1, 0.15) is 10.4 Å². The Hall–Kier alpha value is -1.03. The molecule has 1 aromatic carbocycles. The number of halogens is 2. The Morgan fingerprint density at radius 1 is 1.35 bits per heavy atom. The third kappa shape index (κ3) is 2.85. The lowest BCUT2D eigenvalue weighted by molar-refractivity contribution is 0.0694. The second-order valence-electron chi connectivity index (χ2n) is 4.08. The number of morpholine rings is 1. The quantitative estimate of drug-likeness (QED) is 0.870. The topological polar surface area (TPSA) is 83.9 Å². The number of aromatic carboxylic acids is 1. The van der Waals surface area contributed by atoms with Crippen molar-refractivity contribution >= 4 is 31.9 Å². The molecular formula is C11H11BrFNO5S. The number of nitrogens with zero attached hydrogens (tertiary/aromatic N) is 1. The summed E-state index contributed by atoms with van der Waals surface area (Å²) in [5.74, 6) is -2.33. The van der Waals surface area contributed by atoms with E-state index in [0.29, 0.717) is 0 Å². The van der Waals surface area contributed by atoms with Gasteiger partial charge >= 0.3 is 5.97 Å². The van der Waals surface area contributed by atoms with E-state index < -0.39 is 26.7 Å². The van der Waals surface area contributed by atoms with Gasteiger partial charge in [-0.1, -0.05) is 0 Å². The number of sulfonamides is 1. The molecule has 1 fully saturated rings. The van der Waals surface area contributed by atoms with Crippen LogP contribution in [0.15, 0.2) is 21.5 Å². The van der Waals surface area contributed by atoms with Gasteiger partial charge in [0, 0.05) is 17.6 Å². The molecule has 0 spiro atoms. The molecule has 110 valence electrons. The first-order valence-electron chi connectivity index (χ1n) is 5.64. The third-order valence-corrected chi connectivity index (χ3v) is 5.41. The Bertz CT molecular complexity index is 642. The fourth-order valence-electron chi connectivity index (χ4n) is 1.82. The number of carboxylic acids is 1. The number of rotatable bonds is 3. The van der Waals surface area contributed by atoms with Crippen molar-refractivity contribution in [2.24, 2.45) is 0 Å². The predicted molar refractivity (Wildman–Crippen MR) is 70.6 cm³/mol. The molecule has 1 aromatic rings. The largest absolute Gasteiger partial charge is 0.478 e. The number of carbonyl (C=O) groups is 1. The van der Waals surface area contributed by atoms with Gasteiger partial charge in [-0.15, -0.1) is 0 Å². The molecule has 1 N–H and O–H groups in total. The van der Waals surface area contributed by atoms with Crippen LogP contribution in [-0.4, -0.2) is 50.1 Å². The van der Waals surface area contributed by atoms with Gasteiger partial charge in [-0.05, 0) is 28.1 Å². The molecule has 20 heavy (non-hydrogen) atoms. The van der Waals surface area contributed by atoms with E-state index in [4.69, 9.17) is 9.84 Å². The van der Waals surface area contributed by atoms with Crippen molar-refractivity contribution in [3.8, 4) is 0 Å². The Labute approximate surface area is 123 Å². The number of carboxylic acid groups (broad SMARTS) is 1. The maximum Gasteiger partial charge on any atom is 0.336 e. The molecule has 0 aromatic heterocycles. The molecule has 0 aliphatic carbocycles. The van der Waals surface area contributed by atoms with E-state index in [9.17, 15) is 17.6 Å². The SMILES string of the molecule is O=C(O)c1cc(S(=O)(=O)N2CCOCC2)c(F)cc1Br. The van der Waals surface area contributed by atoms with E-state index in [1.54, 1.807) is 0 Å². The average Bonchev–Trinajstić information content (AvgIpc) is 2.39. The van der Waals surface area contributed by atoms with E-state index in [-0.39, 0.29) is 36.3 Å². The Balaban J connectivity index is 2.50. The molecule has 0 unspecified atom stereocenters. The summed E-state index contributed by atoms with van der Waals surface area (Å²) >= 11 is 2.90. The highest BCUT2D eigenvalue weighted by Crippen LogP contribution is 2.27. The van der Waals surface area contributed by atoms with Gasteiger partial charge in [-0.3, -0.25) is 0 Å². The zero-order chi connectivity index (χ0) is 14.9. The minimum absolute atomic E-state index is 0.0107. The summed E-state index contributed by atoms with van der Waals surface area (Å²) in [4.78, 5) is 10.4. The van der Waals surface area contributed by atoms with Crippen molar-refractivity contribution in [3.05, 3.63) is 28.0 Å². The lowest BCUT2D eigenvalue weighted by Gasteiger charge is -2.26. The lowest BCUT2D eigenvalue weighted by Crippen LogP contribution is -2.41. The Kier molecular flexibility index (Phi) is 4.43. The van der Waals surface area contributed by atoms with Crippen molar-refractivity contribution in [2.75, 3.05) is 26.3 Å². The molecule has 1 aliphatic heterocycles. The molecule has 2 rings (SSSR count). The van der Waals surface area contributed by atoms with Crippen LogP contribution in [0.5, 0.6) is 0 Å². The fourth-order valence-corrected chi connectivity index (χ4v) is 3.78. The molecule has 0 bridgehead atoms. The van der Waals surface area contributed by atoms with Gasteiger partial charge in [0.1, 0.15) is 10.7 Å². The van der Waals surface area contributed by atoms with Gasteiger partial charge in [-0.2, -0.15) is 4.31 Å². The van der Waals surface area contributed by atoms with Crippen molar-refractivity contribution < 1.29 is 27.4 Å². The van der Waals surface area contributed by atoms with Gasteiger partial charge in [0.05, 0.1) is 18.8 Å². The fraction of sp³-hybridized carbons (Fsp3) is 0.364. The maximum absolute atomic E-state index is 13.9. The standard InChI is InChI=1S/C11H11BrFNO5S/c12-8-6-9(13)10(5-7(8)11(15)16)20(17,18)14-1-3-19-4-2-14/h5-6H,1-4H2,(H,15,16). The molecule has 0 saturated carbocycles. The van der Waals surface area contributed by atoms with Crippen molar-refractivity contribution in [2.45, 2.75) is 4.90 Å². The minimum atomic E-state index is -4.07. The summed E-state index contributed by atoms with van der Waals surface area (Å²) in [6, 6.07) is 1.67. The molecule has 1 aliphatic rings.